The van der Waals surface area contributed by atoms with Crippen LogP contribution in [-0.4, -0.2) is 22.3 Å². The maximum Gasteiger partial charge on any atom is 0.247 e. The Morgan fingerprint density at radius 2 is 1.83 bits per heavy atom. The molecule has 29 heavy (non-hydrogen) atoms. The summed E-state index contributed by atoms with van der Waals surface area (Å²) in [6.45, 7) is 2.24. The van der Waals surface area contributed by atoms with Crippen LogP contribution in [0, 0.1) is 0 Å². The molecule has 0 saturated carbocycles. The third kappa shape index (κ3) is 2.86. The zero-order valence-electron chi connectivity index (χ0n) is 16.0. The highest BCUT2D eigenvalue weighted by Crippen LogP contribution is 2.32. The number of benzene rings is 2. The van der Waals surface area contributed by atoms with Crippen LogP contribution in [0.15, 0.2) is 77.5 Å². The number of ketones is 1. The monoisotopic (exact) mass is 384 g/mol. The van der Waals surface area contributed by atoms with Crippen molar-refractivity contribution in [1.29, 1.82) is 0 Å². The Hall–Kier alpha value is -3.60. The van der Waals surface area contributed by atoms with E-state index in [0.29, 0.717) is 11.3 Å². The first-order chi connectivity index (χ1) is 14.1. The molecule has 0 spiro atoms. The first kappa shape index (κ1) is 17.5. The quantitative estimate of drug-likeness (QED) is 0.489. The second-order valence-corrected chi connectivity index (χ2v) is 7.44. The lowest BCUT2D eigenvalue weighted by molar-refractivity contribution is -0.119. The molecule has 2 aromatic heterocycles. The van der Waals surface area contributed by atoms with E-state index >= 15 is 0 Å². The number of hydrogen-bond donors (Lipinski definition) is 0. The Balaban J connectivity index is 1.52. The molecule has 0 unspecified atom stereocenters. The van der Waals surface area contributed by atoms with E-state index in [1.54, 1.807) is 18.3 Å². The molecule has 0 aliphatic carbocycles. The summed E-state index contributed by atoms with van der Waals surface area (Å²) in [5.74, 6) is 0.124. The van der Waals surface area contributed by atoms with Crippen molar-refractivity contribution in [2.24, 2.45) is 0 Å². The second-order valence-electron chi connectivity index (χ2n) is 7.44. The van der Waals surface area contributed by atoms with Gasteiger partial charge in [-0.25, -0.2) is 0 Å². The smallest absolute Gasteiger partial charge is 0.247 e. The first-order valence-corrected chi connectivity index (χ1v) is 9.69. The lowest BCUT2D eigenvalue weighted by atomic mass is 10.1. The maximum absolute atomic E-state index is 13.2. The summed E-state index contributed by atoms with van der Waals surface area (Å²) in [5, 5.41) is 0.816. The van der Waals surface area contributed by atoms with Gasteiger partial charge in [0.25, 0.3) is 0 Å². The van der Waals surface area contributed by atoms with E-state index in [1.165, 1.54) is 11.8 Å². The van der Waals surface area contributed by atoms with Crippen molar-refractivity contribution in [3.05, 3.63) is 90.0 Å². The summed E-state index contributed by atoms with van der Waals surface area (Å²) in [5.41, 5.74) is 3.57. The predicted octanol–water partition coefficient (Wildman–Crippen LogP) is 4.44. The minimum atomic E-state index is -0.183. The third-order valence-corrected chi connectivity index (χ3v) is 5.56. The Bertz CT molecular complexity index is 1220. The summed E-state index contributed by atoms with van der Waals surface area (Å²) in [7, 11) is 0. The van der Waals surface area contributed by atoms with Crippen molar-refractivity contribution in [3.8, 4) is 0 Å². The number of furan rings is 1. The van der Waals surface area contributed by atoms with Gasteiger partial charge in [0, 0.05) is 28.8 Å². The normalized spacial score (nSPS) is 15.6. The number of aromatic nitrogens is 1. The molecule has 0 fully saturated rings. The van der Waals surface area contributed by atoms with Crippen LogP contribution in [0.3, 0.4) is 0 Å². The fraction of sp³-hybridized carbons (Fsp3) is 0.167. The number of rotatable bonds is 4. The average Bonchev–Trinajstić information content (AvgIpc) is 3.44. The summed E-state index contributed by atoms with van der Waals surface area (Å²) < 4.78 is 7.15. The van der Waals surface area contributed by atoms with E-state index < -0.39 is 0 Å². The number of amides is 1. The molecule has 0 saturated heterocycles. The highest BCUT2D eigenvalue weighted by molar-refractivity contribution is 6.15. The van der Waals surface area contributed by atoms with Crippen molar-refractivity contribution in [2.75, 3.05) is 4.90 Å². The summed E-state index contributed by atoms with van der Waals surface area (Å²) >= 11 is 0. The molecule has 3 heterocycles. The van der Waals surface area contributed by atoms with Crippen LogP contribution in [0.1, 0.15) is 28.6 Å². The fourth-order valence-corrected chi connectivity index (χ4v) is 4.27. The van der Waals surface area contributed by atoms with Crippen LogP contribution in [0.4, 0.5) is 5.69 Å². The zero-order valence-corrected chi connectivity index (χ0v) is 16.0. The van der Waals surface area contributed by atoms with Gasteiger partial charge >= 0.3 is 0 Å². The molecule has 0 bridgehead atoms. The van der Waals surface area contributed by atoms with Crippen LogP contribution < -0.4 is 4.90 Å². The van der Waals surface area contributed by atoms with E-state index in [4.69, 9.17) is 4.42 Å². The minimum absolute atomic E-state index is 0.0141. The molecule has 1 atom stereocenters. The zero-order chi connectivity index (χ0) is 20.0. The van der Waals surface area contributed by atoms with Crippen LogP contribution in [0.25, 0.3) is 10.9 Å². The van der Waals surface area contributed by atoms with Crippen LogP contribution in [-0.2, 0) is 17.8 Å². The molecule has 4 aromatic rings. The van der Waals surface area contributed by atoms with E-state index in [9.17, 15) is 9.59 Å². The average molecular weight is 384 g/mol. The molecule has 5 rings (SSSR count). The van der Waals surface area contributed by atoms with E-state index in [-0.39, 0.29) is 24.3 Å². The number of carbonyl (C=O) groups is 2. The van der Waals surface area contributed by atoms with Crippen LogP contribution >= 0.6 is 0 Å². The number of nitrogens with zero attached hydrogens (tertiary/aromatic N) is 2. The molecular formula is C24H20N2O3. The fourth-order valence-electron chi connectivity index (χ4n) is 4.27. The molecule has 2 aromatic carbocycles. The van der Waals surface area contributed by atoms with E-state index in [2.05, 4.69) is 13.0 Å². The number of fused-ring (bicyclic) bond motifs is 2. The largest absolute Gasteiger partial charge is 0.461 e. The predicted molar refractivity (Wildman–Crippen MR) is 111 cm³/mol. The van der Waals surface area contributed by atoms with Gasteiger partial charge in [-0.3, -0.25) is 9.59 Å². The number of anilines is 1. The van der Waals surface area contributed by atoms with Crippen molar-refractivity contribution in [3.63, 3.8) is 0 Å². The minimum Gasteiger partial charge on any atom is -0.461 e. The van der Waals surface area contributed by atoms with Crippen LogP contribution in [0.2, 0.25) is 0 Å². The number of carbonyl (C=O) groups excluding carboxylic acids is 2. The van der Waals surface area contributed by atoms with Gasteiger partial charge in [0.1, 0.15) is 6.54 Å². The molecule has 144 valence electrons. The van der Waals surface area contributed by atoms with E-state index in [0.717, 1.165) is 23.0 Å². The van der Waals surface area contributed by atoms with Gasteiger partial charge < -0.3 is 13.9 Å². The van der Waals surface area contributed by atoms with Crippen LogP contribution in [0.5, 0.6) is 0 Å². The maximum atomic E-state index is 13.2. The van der Waals surface area contributed by atoms with E-state index in [1.807, 2.05) is 51.9 Å². The molecular weight excluding hydrogens is 364 g/mol. The summed E-state index contributed by atoms with van der Waals surface area (Å²) in [4.78, 5) is 28.0. The topological polar surface area (TPSA) is 55.5 Å². The second kappa shape index (κ2) is 6.78. The van der Waals surface area contributed by atoms with Gasteiger partial charge in [0.05, 0.1) is 11.8 Å². The first-order valence-electron chi connectivity index (χ1n) is 9.69. The molecule has 5 nitrogen and oxygen atoms in total. The molecule has 1 amide bonds. The van der Waals surface area contributed by atoms with Gasteiger partial charge in [-0.1, -0.05) is 36.4 Å². The lowest BCUT2D eigenvalue weighted by Crippen LogP contribution is -2.37. The van der Waals surface area contributed by atoms with Gasteiger partial charge in [-0.05, 0) is 43.2 Å². The van der Waals surface area contributed by atoms with Crippen molar-refractivity contribution in [1.82, 2.24) is 4.57 Å². The Kier molecular flexibility index (Phi) is 4.09. The van der Waals surface area contributed by atoms with Crippen molar-refractivity contribution >= 4 is 28.3 Å². The van der Waals surface area contributed by atoms with Gasteiger partial charge in [-0.15, -0.1) is 0 Å². The molecule has 0 radical (unpaired) electrons. The highest BCUT2D eigenvalue weighted by atomic mass is 16.3. The van der Waals surface area contributed by atoms with Gasteiger partial charge in [0.15, 0.2) is 5.76 Å². The lowest BCUT2D eigenvalue weighted by Gasteiger charge is -2.23. The van der Waals surface area contributed by atoms with Gasteiger partial charge in [0.2, 0.25) is 11.7 Å². The molecule has 5 heteroatoms. The standard InChI is InChI=1S/C24H20N2O3/c1-16-13-17-7-2-4-9-20(17)26(16)23(27)15-25-14-19(18-8-3-5-10-21(18)25)24(28)22-11-6-12-29-22/h2-12,14,16H,13,15H2,1H3/t16-/m0/s1. The Labute approximate surface area is 168 Å². The molecule has 1 aliphatic heterocycles. The Morgan fingerprint density at radius 3 is 2.66 bits per heavy atom. The van der Waals surface area contributed by atoms with Crippen molar-refractivity contribution in [2.45, 2.75) is 25.9 Å². The highest BCUT2D eigenvalue weighted by Gasteiger charge is 2.31. The third-order valence-electron chi connectivity index (χ3n) is 5.56. The number of para-hydroxylation sites is 2. The van der Waals surface area contributed by atoms with Gasteiger partial charge in [-0.2, -0.15) is 0 Å². The molecule has 1 aliphatic rings. The summed E-state index contributed by atoms with van der Waals surface area (Å²) in [6.07, 6.45) is 4.11. The van der Waals surface area contributed by atoms with Crippen molar-refractivity contribution < 1.29 is 14.0 Å². The summed E-state index contributed by atoms with van der Waals surface area (Å²) in [6, 6.07) is 19.2. The molecule has 0 N–H and O–H groups in total. The Morgan fingerprint density at radius 1 is 1.03 bits per heavy atom. The SMILES string of the molecule is C[C@H]1Cc2ccccc2N1C(=O)Cn1cc(C(=O)c2ccco2)c2ccccc21. The number of hydrogen-bond acceptors (Lipinski definition) is 3.